The maximum Gasteiger partial charge on any atom is 0.248 e. The third-order valence-corrected chi connectivity index (χ3v) is 5.18. The largest absolute Gasteiger partial charge is 0.496 e. The normalized spacial score (nSPS) is 10.6. The molecule has 1 heterocycles. The number of nitriles is 1. The lowest BCUT2D eigenvalue weighted by Gasteiger charge is -2.07. The minimum atomic E-state index is -0.280. The lowest BCUT2D eigenvalue weighted by molar-refractivity contribution is -0.111. The highest BCUT2D eigenvalue weighted by Gasteiger charge is 2.14. The van der Waals surface area contributed by atoms with Gasteiger partial charge in [0.05, 0.1) is 13.7 Å². The molecule has 1 amide bonds. The number of nitrogens with one attached hydrogen (secondary N) is 1. The number of nitrogens with zero attached hydrogens (tertiary/aromatic N) is 3. The predicted molar refractivity (Wildman–Crippen MR) is 135 cm³/mol. The number of methoxy groups -OCH3 is 1. The van der Waals surface area contributed by atoms with E-state index in [1.807, 2.05) is 71.5 Å². The van der Waals surface area contributed by atoms with Crippen molar-refractivity contribution in [1.82, 2.24) is 9.78 Å². The summed E-state index contributed by atoms with van der Waals surface area (Å²) < 4.78 is 12.6. The summed E-state index contributed by atoms with van der Waals surface area (Å²) in [6, 6.07) is 26.5. The van der Waals surface area contributed by atoms with Crippen molar-refractivity contribution >= 4 is 17.7 Å². The third kappa shape index (κ3) is 6.15. The molecule has 35 heavy (non-hydrogen) atoms. The van der Waals surface area contributed by atoms with Gasteiger partial charge in [-0.15, -0.1) is 0 Å². The van der Waals surface area contributed by atoms with Gasteiger partial charge in [-0.25, -0.2) is 0 Å². The Morgan fingerprint density at radius 2 is 1.80 bits per heavy atom. The third-order valence-electron chi connectivity index (χ3n) is 5.18. The molecule has 1 N–H and O–H groups in total. The number of carbonyl (C=O) groups excluding carboxylic acids is 1. The monoisotopic (exact) mass is 464 g/mol. The van der Waals surface area contributed by atoms with Crippen LogP contribution in [0.4, 0.5) is 5.69 Å². The molecule has 0 bridgehead atoms. The second kappa shape index (κ2) is 11.3. The molecule has 4 rings (SSSR count). The van der Waals surface area contributed by atoms with Gasteiger partial charge in [-0.3, -0.25) is 9.48 Å². The van der Waals surface area contributed by atoms with Gasteiger partial charge in [0.2, 0.25) is 5.91 Å². The minimum Gasteiger partial charge on any atom is -0.496 e. The number of hydrogen-bond donors (Lipinski definition) is 1. The summed E-state index contributed by atoms with van der Waals surface area (Å²) in [5, 5.41) is 16.2. The summed E-state index contributed by atoms with van der Waals surface area (Å²) in [6.45, 7) is 0.574. The Kier molecular flexibility index (Phi) is 7.56. The molecule has 0 aliphatic carbocycles. The molecule has 7 heteroatoms. The molecule has 0 spiro atoms. The van der Waals surface area contributed by atoms with E-state index in [0.29, 0.717) is 23.7 Å². The molecule has 0 fully saturated rings. The molecular weight excluding hydrogens is 440 g/mol. The number of carbonyl (C=O) groups is 1. The van der Waals surface area contributed by atoms with Gasteiger partial charge >= 0.3 is 0 Å². The Morgan fingerprint density at radius 1 is 1.06 bits per heavy atom. The van der Waals surface area contributed by atoms with Gasteiger partial charge in [0.15, 0.2) is 6.61 Å². The molecule has 174 valence electrons. The molecule has 0 unspecified atom stereocenters. The SMILES string of the molecule is COc1ccccc1-c1nn(Cc2ccccc2)cc1C=CC(=O)Nc1ccc(OCC#N)cc1. The van der Waals surface area contributed by atoms with E-state index in [0.717, 1.165) is 22.4 Å². The molecule has 7 nitrogen and oxygen atoms in total. The molecule has 0 aliphatic heterocycles. The molecule has 0 radical (unpaired) electrons. The van der Waals surface area contributed by atoms with Crippen LogP contribution < -0.4 is 14.8 Å². The van der Waals surface area contributed by atoms with E-state index in [1.54, 1.807) is 37.5 Å². The van der Waals surface area contributed by atoms with Crippen LogP contribution in [0.1, 0.15) is 11.1 Å². The van der Waals surface area contributed by atoms with Gasteiger partial charge in [0, 0.05) is 29.1 Å². The van der Waals surface area contributed by atoms with Crippen molar-refractivity contribution in [3.63, 3.8) is 0 Å². The van der Waals surface area contributed by atoms with Crippen molar-refractivity contribution in [2.75, 3.05) is 19.0 Å². The number of amides is 1. The second-order valence-corrected chi connectivity index (χ2v) is 7.61. The van der Waals surface area contributed by atoms with Crippen LogP contribution in [0.25, 0.3) is 17.3 Å². The first-order valence-corrected chi connectivity index (χ1v) is 11.0. The molecule has 0 aliphatic rings. The zero-order valence-electron chi connectivity index (χ0n) is 19.2. The summed E-state index contributed by atoms with van der Waals surface area (Å²) >= 11 is 0. The molecule has 0 atom stereocenters. The molecule has 1 aromatic heterocycles. The Labute approximate surface area is 203 Å². The fraction of sp³-hybridized carbons (Fsp3) is 0.107. The average molecular weight is 465 g/mol. The van der Waals surface area contributed by atoms with E-state index < -0.39 is 0 Å². The van der Waals surface area contributed by atoms with Gasteiger partial charge in [-0.05, 0) is 48.0 Å². The highest BCUT2D eigenvalue weighted by atomic mass is 16.5. The number of hydrogen-bond acceptors (Lipinski definition) is 5. The number of anilines is 1. The van der Waals surface area contributed by atoms with Crippen molar-refractivity contribution in [2.45, 2.75) is 6.54 Å². The molecule has 0 saturated carbocycles. The number of para-hydroxylation sites is 1. The number of rotatable bonds is 9. The summed E-state index contributed by atoms with van der Waals surface area (Å²) in [7, 11) is 1.62. The van der Waals surface area contributed by atoms with E-state index in [1.165, 1.54) is 6.08 Å². The fourth-order valence-corrected chi connectivity index (χ4v) is 3.56. The smallest absolute Gasteiger partial charge is 0.248 e. The highest BCUT2D eigenvalue weighted by Crippen LogP contribution is 2.31. The lowest BCUT2D eigenvalue weighted by atomic mass is 10.1. The lowest BCUT2D eigenvalue weighted by Crippen LogP contribution is -2.07. The number of ether oxygens (including phenoxy) is 2. The van der Waals surface area contributed by atoms with Crippen LogP contribution in [0, 0.1) is 11.3 Å². The van der Waals surface area contributed by atoms with Crippen molar-refractivity contribution < 1.29 is 14.3 Å². The molecule has 0 saturated heterocycles. The zero-order valence-corrected chi connectivity index (χ0v) is 19.2. The highest BCUT2D eigenvalue weighted by molar-refractivity contribution is 6.02. The van der Waals surface area contributed by atoms with Gasteiger partial charge in [0.1, 0.15) is 23.3 Å². The van der Waals surface area contributed by atoms with Crippen molar-refractivity contribution in [3.05, 3.63) is 102 Å². The Bertz CT molecular complexity index is 1350. The summed E-state index contributed by atoms with van der Waals surface area (Å²) in [4.78, 5) is 12.6. The molecular formula is C28H24N4O3. The molecule has 4 aromatic rings. The first-order valence-electron chi connectivity index (χ1n) is 11.0. The van der Waals surface area contributed by atoms with Crippen LogP contribution in [-0.4, -0.2) is 29.4 Å². The van der Waals surface area contributed by atoms with Crippen LogP contribution in [0.2, 0.25) is 0 Å². The number of aromatic nitrogens is 2. The quantitative estimate of drug-likeness (QED) is 0.346. The van der Waals surface area contributed by atoms with Crippen molar-refractivity contribution in [3.8, 4) is 28.8 Å². The number of benzene rings is 3. The summed E-state index contributed by atoms with van der Waals surface area (Å²) in [5.41, 5.74) is 4.10. The Hall–Kier alpha value is -4.83. The van der Waals surface area contributed by atoms with Crippen molar-refractivity contribution in [1.29, 1.82) is 5.26 Å². The predicted octanol–water partition coefficient (Wildman–Crippen LogP) is 5.16. The average Bonchev–Trinajstić information content (AvgIpc) is 3.30. The van der Waals surface area contributed by atoms with E-state index in [9.17, 15) is 4.79 Å². The minimum absolute atomic E-state index is 0.0269. The zero-order chi connectivity index (χ0) is 24.5. The van der Waals surface area contributed by atoms with Gasteiger partial charge in [-0.1, -0.05) is 42.5 Å². The second-order valence-electron chi connectivity index (χ2n) is 7.61. The fourth-order valence-electron chi connectivity index (χ4n) is 3.56. The van der Waals surface area contributed by atoms with Gasteiger partial charge < -0.3 is 14.8 Å². The van der Waals surface area contributed by atoms with Gasteiger partial charge in [-0.2, -0.15) is 10.4 Å². The van der Waals surface area contributed by atoms with Crippen LogP contribution in [-0.2, 0) is 11.3 Å². The van der Waals surface area contributed by atoms with Crippen molar-refractivity contribution in [2.24, 2.45) is 0 Å². The Balaban J connectivity index is 1.56. The topological polar surface area (TPSA) is 89.2 Å². The first-order chi connectivity index (χ1) is 17.2. The summed E-state index contributed by atoms with van der Waals surface area (Å²) in [6.07, 6.45) is 5.14. The van der Waals surface area contributed by atoms with Gasteiger partial charge in [0.25, 0.3) is 0 Å². The van der Waals surface area contributed by atoms with E-state index in [4.69, 9.17) is 19.8 Å². The van der Waals surface area contributed by atoms with E-state index in [2.05, 4.69) is 5.32 Å². The maximum atomic E-state index is 12.6. The summed E-state index contributed by atoms with van der Waals surface area (Å²) in [5.74, 6) is 0.986. The van der Waals surface area contributed by atoms with E-state index >= 15 is 0 Å². The van der Waals surface area contributed by atoms with Crippen LogP contribution in [0.15, 0.2) is 91.1 Å². The molecule has 3 aromatic carbocycles. The maximum absolute atomic E-state index is 12.6. The van der Waals surface area contributed by atoms with Crippen LogP contribution in [0.3, 0.4) is 0 Å². The van der Waals surface area contributed by atoms with Crippen LogP contribution in [0.5, 0.6) is 11.5 Å². The van der Waals surface area contributed by atoms with Crippen LogP contribution >= 0.6 is 0 Å². The first kappa shape index (κ1) is 23.3. The van der Waals surface area contributed by atoms with E-state index in [-0.39, 0.29) is 12.5 Å². The Morgan fingerprint density at radius 3 is 2.54 bits per heavy atom. The standard InChI is InChI=1S/C28H24N4O3/c1-34-26-10-6-5-9-25(26)28-22(20-32(31-28)19-21-7-3-2-4-8-21)11-16-27(33)30-23-12-14-24(15-13-23)35-18-17-29/h2-16,20H,18-19H2,1H3,(H,30,33).